The molecule has 1 fully saturated rings. The van der Waals surface area contributed by atoms with Crippen LogP contribution in [0.1, 0.15) is 32.1 Å². The number of hydrogen-bond acceptors (Lipinski definition) is 8. The van der Waals surface area contributed by atoms with Crippen molar-refractivity contribution in [2.75, 3.05) is 6.61 Å². The van der Waals surface area contributed by atoms with Crippen molar-refractivity contribution in [2.24, 2.45) is 0 Å². The fourth-order valence-electron chi connectivity index (χ4n) is 3.54. The van der Waals surface area contributed by atoms with Crippen LogP contribution in [-0.2, 0) is 23.8 Å². The van der Waals surface area contributed by atoms with E-state index in [-0.39, 0.29) is 6.61 Å². The topological polar surface area (TPSA) is 105 Å². The van der Waals surface area contributed by atoms with E-state index >= 15 is 0 Å². The first-order valence-electron chi connectivity index (χ1n) is 9.63. The Hall–Kier alpha value is -3.33. The zero-order valence-electron chi connectivity index (χ0n) is 16.9. The summed E-state index contributed by atoms with van der Waals surface area (Å²) in [5.41, 5.74) is 4.09. The largest absolute Gasteiger partial charge is 0.463 e. The van der Waals surface area contributed by atoms with Crippen LogP contribution in [0, 0.1) is 6.92 Å². The molecule has 0 amide bonds. The second-order valence-corrected chi connectivity index (χ2v) is 7.23. The van der Waals surface area contributed by atoms with Gasteiger partial charge in [-0.2, -0.15) is 0 Å². The molecular weight excluding hydrogens is 388 g/mol. The van der Waals surface area contributed by atoms with Gasteiger partial charge in [0.1, 0.15) is 42.6 Å². The molecule has 2 aromatic heterocycles. The SMILES string of the molecule is CC(=O)OC[C@H]1O[C@@H](n2cnc3c(-c4ccc(C)cc4)ncnc32)C[C@@H]1OC(C)=O. The number of carbonyl (C=O) groups is 2. The molecule has 3 atom stereocenters. The second kappa shape index (κ2) is 8.19. The van der Waals surface area contributed by atoms with Crippen molar-refractivity contribution in [2.45, 2.75) is 45.6 Å². The van der Waals surface area contributed by atoms with Crippen molar-refractivity contribution >= 4 is 23.1 Å². The molecule has 4 rings (SSSR count). The highest BCUT2D eigenvalue weighted by molar-refractivity contribution is 5.87. The number of imidazole rings is 1. The molecule has 9 heteroatoms. The Bertz CT molecular complexity index is 1080. The highest BCUT2D eigenvalue weighted by Gasteiger charge is 2.40. The Balaban J connectivity index is 1.64. The zero-order valence-corrected chi connectivity index (χ0v) is 16.9. The number of fused-ring (bicyclic) bond motifs is 1. The third-order valence-corrected chi connectivity index (χ3v) is 4.94. The van der Waals surface area contributed by atoms with E-state index in [9.17, 15) is 9.59 Å². The predicted octanol–water partition coefficient (Wildman–Crippen LogP) is 2.58. The van der Waals surface area contributed by atoms with Crippen molar-refractivity contribution in [3.05, 3.63) is 42.5 Å². The van der Waals surface area contributed by atoms with E-state index in [0.717, 1.165) is 16.8 Å². The third kappa shape index (κ3) is 4.02. The van der Waals surface area contributed by atoms with Crippen LogP contribution in [0.3, 0.4) is 0 Å². The van der Waals surface area contributed by atoms with E-state index in [1.165, 1.54) is 20.2 Å². The van der Waals surface area contributed by atoms with E-state index < -0.39 is 30.4 Å². The number of nitrogens with zero attached hydrogens (tertiary/aromatic N) is 4. The van der Waals surface area contributed by atoms with E-state index in [1.54, 1.807) is 10.9 Å². The van der Waals surface area contributed by atoms with Crippen LogP contribution in [0.4, 0.5) is 0 Å². The molecule has 0 saturated carbocycles. The lowest BCUT2D eigenvalue weighted by atomic mass is 10.1. The lowest BCUT2D eigenvalue weighted by molar-refractivity contribution is -0.155. The molecule has 0 aliphatic carbocycles. The van der Waals surface area contributed by atoms with Crippen LogP contribution in [0.2, 0.25) is 0 Å². The summed E-state index contributed by atoms with van der Waals surface area (Å²) in [6, 6.07) is 8.02. The summed E-state index contributed by atoms with van der Waals surface area (Å²) in [5, 5.41) is 0. The average molecular weight is 410 g/mol. The summed E-state index contributed by atoms with van der Waals surface area (Å²) < 4.78 is 18.3. The monoisotopic (exact) mass is 410 g/mol. The standard InChI is InChI=1S/C21H22N4O5/c1-12-4-6-15(7-5-12)19-20-21(23-10-22-19)25(11-24-20)18-8-16(29-14(3)27)17(30-18)9-28-13(2)26/h4-7,10-11,16-18H,8-9H2,1-3H3/t16-,17+,18+/m0/s1. The van der Waals surface area contributed by atoms with Crippen LogP contribution in [0.25, 0.3) is 22.4 Å². The summed E-state index contributed by atoms with van der Waals surface area (Å²) in [6.07, 6.45) is 1.94. The number of esters is 2. The summed E-state index contributed by atoms with van der Waals surface area (Å²) in [6.45, 7) is 4.68. The Kier molecular flexibility index (Phi) is 5.45. The second-order valence-electron chi connectivity index (χ2n) is 7.23. The highest BCUT2D eigenvalue weighted by atomic mass is 16.6. The number of benzene rings is 1. The van der Waals surface area contributed by atoms with Gasteiger partial charge >= 0.3 is 11.9 Å². The number of ether oxygens (including phenoxy) is 3. The quantitative estimate of drug-likeness (QED) is 0.591. The molecule has 30 heavy (non-hydrogen) atoms. The van der Waals surface area contributed by atoms with Gasteiger partial charge < -0.3 is 14.2 Å². The summed E-state index contributed by atoms with van der Waals surface area (Å²) in [7, 11) is 0. The molecule has 0 N–H and O–H groups in total. The maximum atomic E-state index is 11.5. The molecule has 156 valence electrons. The highest BCUT2D eigenvalue weighted by Crippen LogP contribution is 2.34. The molecule has 1 aliphatic rings. The van der Waals surface area contributed by atoms with Crippen LogP contribution >= 0.6 is 0 Å². The summed E-state index contributed by atoms with van der Waals surface area (Å²) in [5.74, 6) is -0.844. The number of aromatic nitrogens is 4. The predicted molar refractivity (Wildman–Crippen MR) is 106 cm³/mol. The number of rotatable bonds is 5. The molecule has 0 bridgehead atoms. The van der Waals surface area contributed by atoms with E-state index in [4.69, 9.17) is 14.2 Å². The van der Waals surface area contributed by atoms with Gasteiger partial charge in [-0.05, 0) is 6.92 Å². The van der Waals surface area contributed by atoms with Gasteiger partial charge in [0.2, 0.25) is 0 Å². The van der Waals surface area contributed by atoms with Crippen molar-refractivity contribution < 1.29 is 23.8 Å². The van der Waals surface area contributed by atoms with Gasteiger partial charge in [0.25, 0.3) is 0 Å². The molecule has 9 nitrogen and oxygen atoms in total. The van der Waals surface area contributed by atoms with Gasteiger partial charge in [-0.3, -0.25) is 14.2 Å². The number of carbonyl (C=O) groups excluding carboxylic acids is 2. The van der Waals surface area contributed by atoms with Gasteiger partial charge in [-0.1, -0.05) is 29.8 Å². The first-order chi connectivity index (χ1) is 14.4. The van der Waals surface area contributed by atoms with Gasteiger partial charge in [0.05, 0.1) is 6.33 Å². The molecule has 3 aromatic rings. The molecule has 1 saturated heterocycles. The van der Waals surface area contributed by atoms with Crippen molar-refractivity contribution in [3.63, 3.8) is 0 Å². The Morgan fingerprint density at radius 2 is 1.90 bits per heavy atom. The molecule has 1 aromatic carbocycles. The van der Waals surface area contributed by atoms with Gasteiger partial charge in [0.15, 0.2) is 5.65 Å². The molecule has 0 unspecified atom stereocenters. The first-order valence-corrected chi connectivity index (χ1v) is 9.63. The first kappa shape index (κ1) is 20.0. The maximum Gasteiger partial charge on any atom is 0.303 e. The maximum absolute atomic E-state index is 11.5. The lowest BCUT2D eigenvalue weighted by Crippen LogP contribution is -2.31. The Labute approximate surface area is 173 Å². The number of aryl methyl sites for hydroxylation is 1. The van der Waals surface area contributed by atoms with E-state index in [0.29, 0.717) is 17.6 Å². The van der Waals surface area contributed by atoms with Crippen molar-refractivity contribution in [1.82, 2.24) is 19.5 Å². The van der Waals surface area contributed by atoms with Crippen LogP contribution in [-0.4, -0.2) is 50.3 Å². The third-order valence-electron chi connectivity index (χ3n) is 4.94. The normalized spacial score (nSPS) is 21.0. The minimum Gasteiger partial charge on any atom is -0.463 e. The minimum atomic E-state index is -0.571. The van der Waals surface area contributed by atoms with Crippen LogP contribution < -0.4 is 0 Å². The van der Waals surface area contributed by atoms with Gasteiger partial charge in [-0.25, -0.2) is 15.0 Å². The van der Waals surface area contributed by atoms with Gasteiger partial charge in [0, 0.05) is 25.8 Å². The molecule has 0 radical (unpaired) electrons. The van der Waals surface area contributed by atoms with Crippen LogP contribution in [0.5, 0.6) is 0 Å². The molecule has 3 heterocycles. The van der Waals surface area contributed by atoms with E-state index in [1.807, 2.05) is 31.2 Å². The fourth-order valence-corrected chi connectivity index (χ4v) is 3.54. The zero-order chi connectivity index (χ0) is 21.3. The van der Waals surface area contributed by atoms with E-state index in [2.05, 4.69) is 15.0 Å². The lowest BCUT2D eigenvalue weighted by Gasteiger charge is -2.17. The summed E-state index contributed by atoms with van der Waals surface area (Å²) in [4.78, 5) is 36.0. The average Bonchev–Trinajstić information content (AvgIpc) is 3.30. The van der Waals surface area contributed by atoms with Crippen molar-refractivity contribution in [1.29, 1.82) is 0 Å². The number of hydrogen-bond donors (Lipinski definition) is 0. The van der Waals surface area contributed by atoms with Crippen LogP contribution in [0.15, 0.2) is 36.9 Å². The Morgan fingerprint density at radius 1 is 1.13 bits per heavy atom. The minimum absolute atomic E-state index is 0.0000102. The fraction of sp³-hybridized carbons (Fsp3) is 0.381. The summed E-state index contributed by atoms with van der Waals surface area (Å²) >= 11 is 0. The van der Waals surface area contributed by atoms with Gasteiger partial charge in [-0.15, -0.1) is 0 Å². The molecule has 0 spiro atoms. The Morgan fingerprint density at radius 3 is 2.60 bits per heavy atom. The smallest absolute Gasteiger partial charge is 0.303 e. The van der Waals surface area contributed by atoms with Crippen molar-refractivity contribution in [3.8, 4) is 11.3 Å². The molecular formula is C21H22N4O5. The molecule has 1 aliphatic heterocycles.